The highest BCUT2D eigenvalue weighted by Crippen LogP contribution is 2.17. The molecule has 4 amide bonds. The van der Waals surface area contributed by atoms with E-state index in [2.05, 4.69) is 10.6 Å². The Morgan fingerprint density at radius 1 is 1.10 bits per heavy atom. The van der Waals surface area contributed by atoms with E-state index in [0.717, 1.165) is 4.90 Å². The number of rotatable bonds is 7. The zero-order valence-electron chi connectivity index (χ0n) is 15.9. The van der Waals surface area contributed by atoms with Crippen molar-refractivity contribution in [3.8, 4) is 0 Å². The van der Waals surface area contributed by atoms with Crippen molar-refractivity contribution in [3.05, 3.63) is 65.7 Å². The van der Waals surface area contributed by atoms with Crippen LogP contribution in [0.2, 0.25) is 0 Å². The number of nitrogens with zero attached hydrogens (tertiary/aromatic N) is 1. The molecule has 1 atom stereocenters. The van der Waals surface area contributed by atoms with Crippen LogP contribution in [0.4, 0.5) is 10.5 Å². The van der Waals surface area contributed by atoms with Gasteiger partial charge in [0.15, 0.2) is 6.10 Å². The zero-order valence-corrected chi connectivity index (χ0v) is 15.9. The van der Waals surface area contributed by atoms with Gasteiger partial charge in [0.1, 0.15) is 0 Å². The highest BCUT2D eigenvalue weighted by atomic mass is 16.5. The molecule has 0 bridgehead atoms. The van der Waals surface area contributed by atoms with Gasteiger partial charge in [-0.05, 0) is 30.2 Å². The Bertz CT molecular complexity index is 913. The number of carbonyl (C=O) groups is 4. The number of benzene rings is 2. The van der Waals surface area contributed by atoms with Crippen molar-refractivity contribution >= 4 is 29.5 Å². The quantitative estimate of drug-likeness (QED) is 0.553. The number of hydrogen-bond acceptors (Lipinski definition) is 5. The molecule has 2 aromatic carbocycles. The minimum absolute atomic E-state index is 0.0526. The average molecular weight is 395 g/mol. The maximum absolute atomic E-state index is 12.7. The van der Waals surface area contributed by atoms with E-state index in [1.54, 1.807) is 49.4 Å². The Morgan fingerprint density at radius 2 is 1.79 bits per heavy atom. The van der Waals surface area contributed by atoms with E-state index in [9.17, 15) is 19.2 Å². The Morgan fingerprint density at radius 3 is 2.45 bits per heavy atom. The van der Waals surface area contributed by atoms with E-state index >= 15 is 0 Å². The molecule has 0 aromatic heterocycles. The molecule has 0 saturated carbocycles. The van der Waals surface area contributed by atoms with E-state index in [4.69, 9.17) is 4.74 Å². The van der Waals surface area contributed by atoms with Gasteiger partial charge in [-0.3, -0.25) is 14.5 Å². The van der Waals surface area contributed by atoms with Crippen molar-refractivity contribution in [1.29, 1.82) is 0 Å². The SMILES string of the molecule is CC[C@H](OC(=O)c1ccccc1CN1C(=O)CNC1=O)C(=O)Nc1ccccc1. The fourth-order valence-electron chi connectivity index (χ4n) is 2.90. The summed E-state index contributed by atoms with van der Waals surface area (Å²) in [5, 5.41) is 5.15. The third kappa shape index (κ3) is 4.78. The van der Waals surface area contributed by atoms with E-state index in [-0.39, 0.29) is 24.6 Å². The van der Waals surface area contributed by atoms with Crippen LogP contribution in [0, 0.1) is 0 Å². The van der Waals surface area contributed by atoms with Gasteiger partial charge in [-0.15, -0.1) is 0 Å². The molecule has 29 heavy (non-hydrogen) atoms. The first-order valence-electron chi connectivity index (χ1n) is 9.22. The summed E-state index contributed by atoms with van der Waals surface area (Å²) < 4.78 is 5.42. The van der Waals surface area contributed by atoms with E-state index in [1.165, 1.54) is 6.07 Å². The molecule has 1 fully saturated rings. The monoisotopic (exact) mass is 395 g/mol. The number of esters is 1. The molecule has 2 aromatic rings. The molecule has 8 heteroatoms. The molecule has 0 aliphatic carbocycles. The van der Waals surface area contributed by atoms with Crippen LogP contribution in [0.3, 0.4) is 0 Å². The lowest BCUT2D eigenvalue weighted by Crippen LogP contribution is -2.33. The van der Waals surface area contributed by atoms with Gasteiger partial charge >= 0.3 is 12.0 Å². The van der Waals surface area contributed by atoms with E-state index < -0.39 is 24.0 Å². The second-order valence-corrected chi connectivity index (χ2v) is 6.45. The number of ether oxygens (including phenoxy) is 1. The Balaban J connectivity index is 1.71. The number of nitrogens with one attached hydrogen (secondary N) is 2. The average Bonchev–Trinajstić information content (AvgIpc) is 3.05. The second-order valence-electron chi connectivity index (χ2n) is 6.45. The third-order valence-corrected chi connectivity index (χ3v) is 4.46. The van der Waals surface area contributed by atoms with Crippen LogP contribution < -0.4 is 10.6 Å². The van der Waals surface area contributed by atoms with Crippen LogP contribution in [-0.4, -0.2) is 41.4 Å². The number of para-hydroxylation sites is 1. The summed E-state index contributed by atoms with van der Waals surface area (Å²) in [6.07, 6.45) is -0.688. The van der Waals surface area contributed by atoms with Gasteiger partial charge in [0.05, 0.1) is 18.7 Å². The van der Waals surface area contributed by atoms with Crippen molar-refractivity contribution in [2.75, 3.05) is 11.9 Å². The van der Waals surface area contributed by atoms with Crippen molar-refractivity contribution in [1.82, 2.24) is 10.2 Å². The lowest BCUT2D eigenvalue weighted by Gasteiger charge is -2.18. The van der Waals surface area contributed by atoms with Crippen molar-refractivity contribution in [2.45, 2.75) is 26.0 Å². The lowest BCUT2D eigenvalue weighted by molar-refractivity contribution is -0.125. The minimum Gasteiger partial charge on any atom is -0.449 e. The van der Waals surface area contributed by atoms with Crippen LogP contribution in [0.25, 0.3) is 0 Å². The standard InChI is InChI=1S/C21H21N3O5/c1-2-17(19(26)23-15-9-4-3-5-10-15)29-20(27)16-11-7-6-8-14(16)13-24-18(25)12-22-21(24)28/h3-11,17H,2,12-13H2,1H3,(H,22,28)(H,23,26)/t17-/m0/s1. The van der Waals surface area contributed by atoms with Crippen LogP contribution >= 0.6 is 0 Å². The largest absolute Gasteiger partial charge is 0.449 e. The smallest absolute Gasteiger partial charge is 0.339 e. The molecule has 2 N–H and O–H groups in total. The van der Waals surface area contributed by atoms with Crippen molar-refractivity contribution < 1.29 is 23.9 Å². The molecule has 8 nitrogen and oxygen atoms in total. The highest BCUT2D eigenvalue weighted by molar-refractivity contribution is 6.02. The van der Waals surface area contributed by atoms with Gasteiger partial charge in [-0.1, -0.05) is 43.3 Å². The van der Waals surface area contributed by atoms with E-state index in [1.807, 2.05) is 6.07 Å². The molecule has 0 spiro atoms. The maximum atomic E-state index is 12.7. The van der Waals surface area contributed by atoms with Crippen molar-refractivity contribution in [2.24, 2.45) is 0 Å². The maximum Gasteiger partial charge on any atom is 0.339 e. The van der Waals surface area contributed by atoms with Gasteiger partial charge in [-0.2, -0.15) is 0 Å². The Hall–Kier alpha value is -3.68. The van der Waals surface area contributed by atoms with Crippen molar-refractivity contribution in [3.63, 3.8) is 0 Å². The summed E-state index contributed by atoms with van der Waals surface area (Å²) in [5.74, 6) is -1.49. The summed E-state index contributed by atoms with van der Waals surface area (Å²) in [7, 11) is 0. The summed E-state index contributed by atoms with van der Waals surface area (Å²) in [6.45, 7) is 1.62. The first-order valence-corrected chi connectivity index (χ1v) is 9.22. The molecule has 3 rings (SSSR count). The van der Waals surface area contributed by atoms with Crippen LogP contribution in [0.5, 0.6) is 0 Å². The molecule has 1 saturated heterocycles. The molecular weight excluding hydrogens is 374 g/mol. The minimum atomic E-state index is -0.979. The van der Waals surface area contributed by atoms with Crippen LogP contribution in [0.1, 0.15) is 29.3 Å². The molecule has 0 radical (unpaired) electrons. The summed E-state index contributed by atoms with van der Waals surface area (Å²) in [6, 6.07) is 14.9. The van der Waals surface area contributed by atoms with Gasteiger partial charge < -0.3 is 15.4 Å². The van der Waals surface area contributed by atoms with E-state index in [0.29, 0.717) is 17.7 Å². The fourth-order valence-corrected chi connectivity index (χ4v) is 2.90. The third-order valence-electron chi connectivity index (χ3n) is 4.46. The highest BCUT2D eigenvalue weighted by Gasteiger charge is 2.30. The molecule has 1 heterocycles. The van der Waals surface area contributed by atoms with Crippen LogP contribution in [-0.2, 0) is 20.9 Å². The van der Waals surface area contributed by atoms with Gasteiger partial charge in [0, 0.05) is 5.69 Å². The first-order chi connectivity index (χ1) is 14.0. The van der Waals surface area contributed by atoms with Gasteiger partial charge in [-0.25, -0.2) is 9.59 Å². The van der Waals surface area contributed by atoms with Gasteiger partial charge in [0.25, 0.3) is 5.91 Å². The number of urea groups is 1. The first kappa shape index (κ1) is 20.1. The predicted molar refractivity (Wildman–Crippen MR) is 105 cm³/mol. The topological polar surface area (TPSA) is 105 Å². The number of amides is 4. The lowest BCUT2D eigenvalue weighted by atomic mass is 10.1. The predicted octanol–water partition coefficient (Wildman–Crippen LogP) is 2.31. The molecular formula is C21H21N3O5. The number of imide groups is 1. The molecule has 150 valence electrons. The number of hydrogen-bond donors (Lipinski definition) is 2. The fraction of sp³-hybridized carbons (Fsp3) is 0.238. The molecule has 1 aliphatic heterocycles. The Labute approximate surface area is 167 Å². The Kier molecular flexibility index (Phi) is 6.23. The molecule has 0 unspecified atom stereocenters. The number of carbonyl (C=O) groups excluding carboxylic acids is 4. The number of anilines is 1. The van der Waals surface area contributed by atoms with Crippen LogP contribution in [0.15, 0.2) is 54.6 Å². The summed E-state index contributed by atoms with van der Waals surface area (Å²) in [4.78, 5) is 49.8. The normalized spacial score (nSPS) is 14.3. The van der Waals surface area contributed by atoms with Gasteiger partial charge in [0.2, 0.25) is 5.91 Å². The molecule has 1 aliphatic rings. The summed E-state index contributed by atoms with van der Waals surface area (Å²) >= 11 is 0. The zero-order chi connectivity index (χ0) is 20.8. The second kappa shape index (κ2) is 9.01. The summed E-state index contributed by atoms with van der Waals surface area (Å²) in [5.41, 5.74) is 1.26.